The summed E-state index contributed by atoms with van der Waals surface area (Å²) in [6, 6.07) is 24.7. The van der Waals surface area contributed by atoms with Gasteiger partial charge in [0, 0.05) is 27.4 Å². The second-order valence-corrected chi connectivity index (χ2v) is 10.0. The lowest BCUT2D eigenvalue weighted by molar-refractivity contribution is 0.591. The van der Waals surface area contributed by atoms with Gasteiger partial charge in [-0.2, -0.15) is 0 Å². The molecule has 4 aromatic rings. The fourth-order valence-electron chi connectivity index (χ4n) is 3.35. The van der Waals surface area contributed by atoms with Crippen molar-refractivity contribution in [3.05, 3.63) is 107 Å². The molecule has 7 nitrogen and oxygen atoms in total. The van der Waals surface area contributed by atoms with E-state index in [-0.39, 0.29) is 17.4 Å². The normalized spacial score (nSPS) is 11.8. The molecule has 0 fully saturated rings. The van der Waals surface area contributed by atoms with Crippen molar-refractivity contribution in [1.82, 2.24) is 15.1 Å². The molecular weight excluding hydrogens is 505 g/mol. The van der Waals surface area contributed by atoms with Gasteiger partial charge in [0.15, 0.2) is 0 Å². The molecule has 1 heterocycles. The highest BCUT2D eigenvalue weighted by molar-refractivity contribution is 7.90. The van der Waals surface area contributed by atoms with Gasteiger partial charge in [-0.25, -0.2) is 24.0 Å². The smallest absolute Gasteiger partial charge is 0.264 e. The van der Waals surface area contributed by atoms with E-state index in [1.54, 1.807) is 36.5 Å². The Morgan fingerprint density at radius 3 is 2.09 bits per heavy atom. The van der Waals surface area contributed by atoms with Crippen molar-refractivity contribution in [3.63, 3.8) is 0 Å². The standard InChI is InChI=1S/C25H21Cl2N5O2S/c26-20-10-6-18(7-11-20)23-14-17(15-29-24(23)19-8-12-21(27)13-9-19)16-30-25(31-28)32-35(33,34)22-4-2-1-3-5-22/h1-15H,16,28H2,(H2,30,31,32). The Hall–Kier alpha value is -3.43. The van der Waals surface area contributed by atoms with E-state index in [4.69, 9.17) is 29.0 Å². The molecule has 0 spiro atoms. The second-order valence-electron chi connectivity index (χ2n) is 7.48. The summed E-state index contributed by atoms with van der Waals surface area (Å²) in [7, 11) is -3.84. The first kappa shape index (κ1) is 24.7. The number of hydrogen-bond acceptors (Lipinski definition) is 5. The summed E-state index contributed by atoms with van der Waals surface area (Å²) in [5.41, 5.74) is 6.50. The van der Waals surface area contributed by atoms with E-state index < -0.39 is 10.0 Å². The molecule has 0 atom stereocenters. The summed E-state index contributed by atoms with van der Waals surface area (Å²) in [6.45, 7) is 0.130. The average Bonchev–Trinajstić information content (AvgIpc) is 2.88. The summed E-state index contributed by atoms with van der Waals surface area (Å²) in [4.78, 5) is 9.06. The van der Waals surface area contributed by atoms with Crippen LogP contribution in [0.1, 0.15) is 5.56 Å². The predicted octanol–water partition coefficient (Wildman–Crippen LogP) is 5.02. The summed E-state index contributed by atoms with van der Waals surface area (Å²) in [6.07, 6.45) is 1.69. The Balaban J connectivity index is 1.65. The fraction of sp³-hybridized carbons (Fsp3) is 0.0400. The van der Waals surface area contributed by atoms with Crippen molar-refractivity contribution >= 4 is 39.2 Å². The maximum Gasteiger partial charge on any atom is 0.264 e. The third kappa shape index (κ3) is 6.17. The van der Waals surface area contributed by atoms with Crippen molar-refractivity contribution < 1.29 is 8.42 Å². The number of rotatable bonds is 6. The van der Waals surface area contributed by atoms with Crippen LogP contribution in [0.15, 0.2) is 101 Å². The van der Waals surface area contributed by atoms with Crippen molar-refractivity contribution in [2.45, 2.75) is 11.4 Å². The van der Waals surface area contributed by atoms with Crippen molar-refractivity contribution in [3.8, 4) is 22.4 Å². The molecule has 178 valence electrons. The van der Waals surface area contributed by atoms with Crippen LogP contribution in [0.2, 0.25) is 10.0 Å². The fourth-order valence-corrected chi connectivity index (χ4v) is 4.61. The van der Waals surface area contributed by atoms with Gasteiger partial charge in [-0.15, -0.1) is 0 Å². The molecule has 0 radical (unpaired) electrons. The molecule has 10 heteroatoms. The molecule has 3 aromatic carbocycles. The van der Waals surface area contributed by atoms with E-state index in [9.17, 15) is 8.42 Å². The zero-order valence-electron chi connectivity index (χ0n) is 18.3. The van der Waals surface area contributed by atoms with E-state index in [1.807, 2.05) is 42.5 Å². The molecule has 4 rings (SSSR count). The Kier molecular flexibility index (Phi) is 7.67. The number of aliphatic imine (C=N–C) groups is 1. The highest BCUT2D eigenvalue weighted by Crippen LogP contribution is 2.32. The summed E-state index contributed by atoms with van der Waals surface area (Å²) in [5.74, 6) is 5.43. The van der Waals surface area contributed by atoms with E-state index >= 15 is 0 Å². The van der Waals surface area contributed by atoms with Crippen LogP contribution in [-0.2, 0) is 16.6 Å². The third-order valence-corrected chi connectivity index (χ3v) is 6.92. The Morgan fingerprint density at radius 1 is 0.886 bits per heavy atom. The van der Waals surface area contributed by atoms with E-state index in [0.29, 0.717) is 10.0 Å². The molecule has 0 saturated carbocycles. The maximum atomic E-state index is 12.6. The number of hydrogen-bond donors (Lipinski definition) is 3. The van der Waals surface area contributed by atoms with Crippen LogP contribution < -0.4 is 16.0 Å². The number of halogens is 2. The van der Waals surface area contributed by atoms with Crippen molar-refractivity contribution in [1.29, 1.82) is 0 Å². The number of sulfonamides is 1. The van der Waals surface area contributed by atoms with Crippen LogP contribution in [0.5, 0.6) is 0 Å². The van der Waals surface area contributed by atoms with Crippen LogP contribution in [0.4, 0.5) is 0 Å². The zero-order chi connectivity index (χ0) is 24.8. The first-order valence-corrected chi connectivity index (χ1v) is 12.7. The lowest BCUT2D eigenvalue weighted by Crippen LogP contribution is -2.44. The topological polar surface area (TPSA) is 109 Å². The molecule has 0 aliphatic carbocycles. The number of guanidine groups is 1. The van der Waals surface area contributed by atoms with Gasteiger partial charge in [-0.3, -0.25) is 10.4 Å². The van der Waals surface area contributed by atoms with Gasteiger partial charge in [-0.1, -0.05) is 65.7 Å². The summed E-state index contributed by atoms with van der Waals surface area (Å²) in [5, 5.41) is 1.26. The van der Waals surface area contributed by atoms with E-state index in [1.165, 1.54) is 12.1 Å². The molecule has 0 unspecified atom stereocenters. The van der Waals surface area contributed by atoms with Crippen LogP contribution in [0.25, 0.3) is 22.4 Å². The molecule has 0 aliphatic heterocycles. The zero-order valence-corrected chi connectivity index (χ0v) is 20.6. The summed E-state index contributed by atoms with van der Waals surface area (Å²) >= 11 is 12.1. The minimum absolute atomic E-state index is 0.0938. The number of nitrogens with two attached hydrogens (primary N) is 1. The number of hydrazine groups is 1. The lowest BCUT2D eigenvalue weighted by atomic mass is 9.98. The number of nitrogens with one attached hydrogen (secondary N) is 2. The molecular formula is C25H21Cl2N5O2S. The first-order valence-electron chi connectivity index (χ1n) is 10.5. The monoisotopic (exact) mass is 525 g/mol. The molecule has 1 aromatic heterocycles. The van der Waals surface area contributed by atoms with Gasteiger partial charge in [0.2, 0.25) is 5.96 Å². The van der Waals surface area contributed by atoms with Gasteiger partial charge in [0.05, 0.1) is 17.1 Å². The lowest BCUT2D eigenvalue weighted by Gasteiger charge is -2.13. The predicted molar refractivity (Wildman–Crippen MR) is 140 cm³/mol. The quantitative estimate of drug-likeness (QED) is 0.142. The number of aromatic nitrogens is 1. The largest absolute Gasteiger partial charge is 0.294 e. The molecule has 35 heavy (non-hydrogen) atoms. The van der Waals surface area contributed by atoms with Gasteiger partial charge < -0.3 is 0 Å². The molecule has 0 saturated heterocycles. The van der Waals surface area contributed by atoms with Crippen LogP contribution >= 0.6 is 23.2 Å². The van der Waals surface area contributed by atoms with Gasteiger partial charge in [0.1, 0.15) is 0 Å². The number of nitrogens with zero attached hydrogens (tertiary/aromatic N) is 2. The van der Waals surface area contributed by atoms with Gasteiger partial charge in [0.25, 0.3) is 10.0 Å². The van der Waals surface area contributed by atoms with Gasteiger partial charge >= 0.3 is 0 Å². The van der Waals surface area contributed by atoms with Crippen LogP contribution in [-0.4, -0.2) is 19.4 Å². The number of benzene rings is 3. The average molecular weight is 526 g/mol. The van der Waals surface area contributed by atoms with E-state index in [2.05, 4.69) is 20.1 Å². The minimum Gasteiger partial charge on any atom is -0.294 e. The third-order valence-electron chi connectivity index (χ3n) is 5.06. The highest BCUT2D eigenvalue weighted by atomic mass is 35.5. The van der Waals surface area contributed by atoms with Gasteiger partial charge in [-0.05, 0) is 53.6 Å². The molecule has 4 N–H and O–H groups in total. The van der Waals surface area contributed by atoms with E-state index in [0.717, 1.165) is 27.9 Å². The number of pyridine rings is 1. The Bertz CT molecular complexity index is 1440. The maximum absolute atomic E-state index is 12.6. The van der Waals surface area contributed by atoms with Crippen LogP contribution in [0.3, 0.4) is 0 Å². The first-order chi connectivity index (χ1) is 16.9. The molecule has 0 amide bonds. The Labute approximate surface area is 213 Å². The Morgan fingerprint density at radius 2 is 1.49 bits per heavy atom. The second kappa shape index (κ2) is 10.9. The molecule has 0 aliphatic rings. The van der Waals surface area contributed by atoms with Crippen molar-refractivity contribution in [2.75, 3.05) is 0 Å². The highest BCUT2D eigenvalue weighted by Gasteiger charge is 2.16. The molecule has 0 bridgehead atoms. The minimum atomic E-state index is -3.84. The van der Waals surface area contributed by atoms with Crippen LogP contribution in [0, 0.1) is 0 Å². The van der Waals surface area contributed by atoms with Crippen molar-refractivity contribution in [2.24, 2.45) is 10.8 Å². The summed E-state index contributed by atoms with van der Waals surface area (Å²) < 4.78 is 27.5. The SMILES string of the molecule is NNC(=NCc1cnc(-c2ccc(Cl)cc2)c(-c2ccc(Cl)cc2)c1)NS(=O)(=O)c1ccccc1.